The molecule has 2 nitrogen and oxygen atoms in total. The molecule has 0 radical (unpaired) electrons. The van der Waals surface area contributed by atoms with E-state index < -0.39 is 0 Å². The lowest BCUT2D eigenvalue weighted by molar-refractivity contribution is 0.567. The van der Waals surface area contributed by atoms with E-state index in [9.17, 15) is 0 Å². The van der Waals surface area contributed by atoms with Crippen LogP contribution in [-0.4, -0.2) is 9.97 Å². The molecular formula is C34H22N2. The minimum Gasteiger partial charge on any atom is -0.254 e. The van der Waals surface area contributed by atoms with E-state index in [2.05, 4.69) is 107 Å². The summed E-state index contributed by atoms with van der Waals surface area (Å²) < 4.78 is 0. The van der Waals surface area contributed by atoms with Crippen molar-refractivity contribution >= 4 is 27.4 Å². The highest BCUT2D eigenvalue weighted by atomic mass is 14.7. The van der Waals surface area contributed by atoms with Gasteiger partial charge >= 0.3 is 0 Å². The monoisotopic (exact) mass is 458 g/mol. The van der Waals surface area contributed by atoms with Crippen LogP contribution in [0.1, 0.15) is 5.56 Å². The van der Waals surface area contributed by atoms with E-state index in [4.69, 9.17) is 0 Å². The van der Waals surface area contributed by atoms with Crippen molar-refractivity contribution in [1.29, 1.82) is 0 Å². The fraction of sp³-hybridized carbons (Fsp3) is 0.0588. The van der Waals surface area contributed by atoms with Crippen LogP contribution in [0.4, 0.5) is 0 Å². The summed E-state index contributed by atoms with van der Waals surface area (Å²) in [4.78, 5) is 9.28. The molecule has 8 rings (SSSR count). The first kappa shape index (κ1) is 19.7. The molecular weight excluding hydrogens is 436 g/mol. The molecule has 2 heteroatoms. The third-order valence-corrected chi connectivity index (χ3v) is 7.97. The summed E-state index contributed by atoms with van der Waals surface area (Å²) in [5.74, 6) is 0.827. The minimum atomic E-state index is 0.397. The predicted octanol–water partition coefficient (Wildman–Crippen LogP) is 7.94. The molecule has 168 valence electrons. The average Bonchev–Trinajstić information content (AvgIpc) is 2.95. The molecule has 2 aromatic heterocycles. The van der Waals surface area contributed by atoms with Gasteiger partial charge in [0.05, 0.1) is 11.0 Å². The quantitative estimate of drug-likeness (QED) is 0.285. The number of allylic oxidation sites excluding steroid dienone is 14. The van der Waals surface area contributed by atoms with Crippen LogP contribution < -0.4 is 0 Å². The molecule has 0 N–H and O–H groups in total. The summed E-state index contributed by atoms with van der Waals surface area (Å²) in [6.07, 6.45) is 24.2. The van der Waals surface area contributed by atoms with Crippen LogP contribution in [0.25, 0.3) is 38.5 Å². The average molecular weight is 459 g/mol. The molecule has 36 heavy (non-hydrogen) atoms. The zero-order valence-electron chi connectivity index (χ0n) is 19.6. The second kappa shape index (κ2) is 7.47. The van der Waals surface area contributed by atoms with Crippen molar-refractivity contribution < 1.29 is 0 Å². The van der Waals surface area contributed by atoms with Gasteiger partial charge in [0, 0.05) is 35.0 Å². The smallest absolute Gasteiger partial charge is 0.0970 e. The van der Waals surface area contributed by atoms with E-state index in [1.807, 2.05) is 24.5 Å². The second-order valence-corrected chi connectivity index (χ2v) is 9.83. The van der Waals surface area contributed by atoms with E-state index in [-0.39, 0.29) is 0 Å². The van der Waals surface area contributed by atoms with E-state index in [0.717, 1.165) is 21.8 Å². The van der Waals surface area contributed by atoms with Crippen molar-refractivity contribution in [3.05, 3.63) is 150 Å². The van der Waals surface area contributed by atoms with Crippen LogP contribution in [0, 0.1) is 11.8 Å². The summed E-state index contributed by atoms with van der Waals surface area (Å²) >= 11 is 0. The molecule has 0 spiro atoms. The molecule has 4 aliphatic rings. The number of rotatable bonds is 2. The van der Waals surface area contributed by atoms with Crippen LogP contribution in [0.5, 0.6) is 0 Å². The van der Waals surface area contributed by atoms with Crippen LogP contribution in [0.3, 0.4) is 0 Å². The van der Waals surface area contributed by atoms with Gasteiger partial charge in [-0.05, 0) is 62.8 Å². The number of hydrogen-bond donors (Lipinski definition) is 0. The third-order valence-electron chi connectivity index (χ3n) is 7.97. The first-order valence-electron chi connectivity index (χ1n) is 12.5. The molecule has 2 unspecified atom stereocenters. The van der Waals surface area contributed by atoms with Crippen molar-refractivity contribution in [3.8, 4) is 11.1 Å². The number of aromatic nitrogens is 2. The highest BCUT2D eigenvalue weighted by Gasteiger charge is 2.38. The highest BCUT2D eigenvalue weighted by molar-refractivity contribution is 6.10. The molecule has 2 atom stereocenters. The van der Waals surface area contributed by atoms with Crippen molar-refractivity contribution in [3.63, 3.8) is 0 Å². The van der Waals surface area contributed by atoms with Crippen LogP contribution in [0.15, 0.2) is 144 Å². The van der Waals surface area contributed by atoms with Crippen LogP contribution in [0.2, 0.25) is 0 Å². The summed E-state index contributed by atoms with van der Waals surface area (Å²) in [7, 11) is 0. The number of fused-ring (bicyclic) bond motifs is 3. The second-order valence-electron chi connectivity index (χ2n) is 9.83. The van der Waals surface area contributed by atoms with Gasteiger partial charge in [-0.25, -0.2) is 0 Å². The zero-order valence-corrected chi connectivity index (χ0v) is 19.6. The van der Waals surface area contributed by atoms with E-state index in [1.54, 1.807) is 0 Å². The lowest BCUT2D eigenvalue weighted by Gasteiger charge is -2.41. The van der Waals surface area contributed by atoms with E-state index in [0.29, 0.717) is 11.8 Å². The predicted molar refractivity (Wildman–Crippen MR) is 148 cm³/mol. The summed E-state index contributed by atoms with van der Waals surface area (Å²) in [5, 5.41) is 2.24. The standard InChI is InChI=1S/C34H22N2/c1-4-23-12-13-25-14-16-27(28-17-15-24(5-1)31(23)32(25)28)21-8-10-22(11-9-21)30-20-26-6-2-18-35-33(26)34-29(30)7-3-19-36-34/h1-20,31-32H. The normalized spacial score (nSPS) is 21.4. The summed E-state index contributed by atoms with van der Waals surface area (Å²) in [6.45, 7) is 0. The molecule has 0 amide bonds. The highest BCUT2D eigenvalue weighted by Crippen LogP contribution is 2.51. The third kappa shape index (κ3) is 2.79. The Kier molecular flexibility index (Phi) is 4.09. The lowest BCUT2D eigenvalue weighted by atomic mass is 9.62. The van der Waals surface area contributed by atoms with Crippen molar-refractivity contribution in [2.24, 2.45) is 11.8 Å². The summed E-state index contributed by atoms with van der Waals surface area (Å²) in [5.41, 5.74) is 12.5. The maximum absolute atomic E-state index is 4.68. The van der Waals surface area contributed by atoms with Gasteiger partial charge in [-0.1, -0.05) is 91.1 Å². The Balaban J connectivity index is 1.24. The first-order chi connectivity index (χ1) is 17.8. The van der Waals surface area contributed by atoms with Gasteiger partial charge in [-0.15, -0.1) is 0 Å². The number of benzene rings is 2. The van der Waals surface area contributed by atoms with Gasteiger partial charge in [0.1, 0.15) is 0 Å². The van der Waals surface area contributed by atoms with Crippen molar-refractivity contribution in [1.82, 2.24) is 9.97 Å². The van der Waals surface area contributed by atoms with Gasteiger partial charge in [0.15, 0.2) is 0 Å². The van der Waals surface area contributed by atoms with Gasteiger partial charge in [-0.3, -0.25) is 9.97 Å². The zero-order chi connectivity index (χ0) is 23.6. The van der Waals surface area contributed by atoms with Gasteiger partial charge in [0.25, 0.3) is 0 Å². The first-order valence-corrected chi connectivity index (χ1v) is 12.5. The number of pyridine rings is 2. The molecule has 4 aliphatic carbocycles. The maximum Gasteiger partial charge on any atom is 0.0970 e. The Morgan fingerprint density at radius 1 is 0.583 bits per heavy atom. The molecule has 0 fully saturated rings. The fourth-order valence-corrected chi connectivity index (χ4v) is 6.31. The molecule has 2 aromatic carbocycles. The van der Waals surface area contributed by atoms with Gasteiger partial charge in [0.2, 0.25) is 0 Å². The van der Waals surface area contributed by atoms with Crippen molar-refractivity contribution in [2.75, 3.05) is 0 Å². The van der Waals surface area contributed by atoms with Crippen molar-refractivity contribution in [2.45, 2.75) is 0 Å². The topological polar surface area (TPSA) is 25.8 Å². The van der Waals surface area contributed by atoms with Gasteiger partial charge in [-0.2, -0.15) is 0 Å². The lowest BCUT2D eigenvalue weighted by Crippen LogP contribution is -2.29. The molecule has 2 heterocycles. The Morgan fingerprint density at radius 2 is 1.31 bits per heavy atom. The van der Waals surface area contributed by atoms with Crippen LogP contribution in [-0.2, 0) is 0 Å². The SMILES string of the molecule is C1=CC2=CC=C3C(c4ccc(-c5cc6cccnc6c6ncccc56)cc4)=CC=C4C=CC(=C1)C2C43. The largest absolute Gasteiger partial charge is 0.254 e. The Hall–Kier alpha value is -4.56. The Morgan fingerprint density at radius 3 is 2.19 bits per heavy atom. The Bertz CT molecular complexity index is 1820. The number of nitrogens with zero attached hydrogens (tertiary/aromatic N) is 2. The van der Waals surface area contributed by atoms with E-state index in [1.165, 1.54) is 44.6 Å². The van der Waals surface area contributed by atoms with E-state index >= 15 is 0 Å². The molecule has 0 saturated carbocycles. The van der Waals surface area contributed by atoms with Crippen LogP contribution >= 0.6 is 0 Å². The molecule has 4 aromatic rings. The Labute approximate surface area is 209 Å². The minimum absolute atomic E-state index is 0.397. The molecule has 0 saturated heterocycles. The summed E-state index contributed by atoms with van der Waals surface area (Å²) in [6, 6.07) is 19.5. The molecule has 0 bridgehead atoms. The number of hydrogen-bond acceptors (Lipinski definition) is 2. The maximum atomic E-state index is 4.68. The van der Waals surface area contributed by atoms with Gasteiger partial charge < -0.3 is 0 Å². The fourth-order valence-electron chi connectivity index (χ4n) is 6.31. The molecule has 0 aliphatic heterocycles.